The molecule has 1 aromatic heterocycles. The summed E-state index contributed by atoms with van der Waals surface area (Å²) in [5.74, 6) is -1.65. The molecular formula is C15H14FNO4S. The maximum absolute atomic E-state index is 13.3. The third kappa shape index (κ3) is 2.57. The van der Waals surface area contributed by atoms with E-state index in [9.17, 15) is 14.0 Å². The number of morpholine rings is 1. The number of carbonyl (C=O) groups excluding carboxylic acids is 1. The van der Waals surface area contributed by atoms with Crippen LogP contribution in [0.5, 0.6) is 0 Å². The second kappa shape index (κ2) is 5.66. The minimum absolute atomic E-state index is 0.0240. The fraction of sp³-hybridized carbons (Fsp3) is 0.333. The van der Waals surface area contributed by atoms with Crippen molar-refractivity contribution in [2.45, 2.75) is 13.0 Å². The van der Waals surface area contributed by atoms with E-state index >= 15 is 0 Å². The van der Waals surface area contributed by atoms with Gasteiger partial charge in [0.1, 0.15) is 5.82 Å². The van der Waals surface area contributed by atoms with Crippen LogP contribution in [-0.4, -0.2) is 47.7 Å². The van der Waals surface area contributed by atoms with Gasteiger partial charge in [0, 0.05) is 11.2 Å². The molecule has 22 heavy (non-hydrogen) atoms. The standard InChI is InChI=1S/C15H14FNO4S/c1-8-10-3-2-9(16)6-12(10)22-13(8)14(18)17-4-5-21-11(7-17)15(19)20/h2-3,6,11H,4-5,7H2,1H3,(H,19,20). The molecule has 1 saturated heterocycles. The van der Waals surface area contributed by atoms with Crippen molar-refractivity contribution >= 4 is 33.3 Å². The molecule has 1 aromatic carbocycles. The van der Waals surface area contributed by atoms with Crippen molar-refractivity contribution in [3.63, 3.8) is 0 Å². The van der Waals surface area contributed by atoms with E-state index < -0.39 is 12.1 Å². The van der Waals surface area contributed by atoms with Crippen molar-refractivity contribution in [1.82, 2.24) is 4.90 Å². The van der Waals surface area contributed by atoms with Crippen LogP contribution in [0.4, 0.5) is 4.39 Å². The molecule has 1 fully saturated rings. The first-order valence-electron chi connectivity index (χ1n) is 6.79. The summed E-state index contributed by atoms with van der Waals surface area (Å²) in [7, 11) is 0. The highest BCUT2D eigenvalue weighted by Gasteiger charge is 2.31. The Morgan fingerprint density at radius 2 is 2.23 bits per heavy atom. The number of fused-ring (bicyclic) bond motifs is 1. The van der Waals surface area contributed by atoms with E-state index in [1.165, 1.54) is 28.4 Å². The Bertz CT molecular complexity index is 757. The number of carbonyl (C=O) groups is 2. The van der Waals surface area contributed by atoms with Crippen molar-refractivity contribution in [2.75, 3.05) is 19.7 Å². The molecule has 1 aliphatic rings. The minimum Gasteiger partial charge on any atom is -0.479 e. The Morgan fingerprint density at radius 3 is 2.95 bits per heavy atom. The Labute approximate surface area is 129 Å². The number of thiophene rings is 1. The third-order valence-electron chi connectivity index (χ3n) is 3.72. The lowest BCUT2D eigenvalue weighted by Gasteiger charge is -2.30. The van der Waals surface area contributed by atoms with Gasteiger partial charge in [0.2, 0.25) is 0 Å². The van der Waals surface area contributed by atoms with Crippen LogP contribution in [0, 0.1) is 12.7 Å². The molecule has 7 heteroatoms. The van der Waals surface area contributed by atoms with E-state index in [0.717, 1.165) is 10.9 Å². The summed E-state index contributed by atoms with van der Waals surface area (Å²) in [6.07, 6.45) is -0.996. The average molecular weight is 323 g/mol. The summed E-state index contributed by atoms with van der Waals surface area (Å²) >= 11 is 1.23. The van der Waals surface area contributed by atoms with Crippen LogP contribution in [0.3, 0.4) is 0 Å². The van der Waals surface area contributed by atoms with Gasteiger partial charge in [-0.1, -0.05) is 6.07 Å². The number of aliphatic carboxylic acids is 1. The smallest absolute Gasteiger partial charge is 0.334 e. The first kappa shape index (κ1) is 14.9. The quantitative estimate of drug-likeness (QED) is 0.921. The topological polar surface area (TPSA) is 66.8 Å². The van der Waals surface area contributed by atoms with Gasteiger partial charge >= 0.3 is 5.97 Å². The minimum atomic E-state index is -1.08. The number of hydrogen-bond donors (Lipinski definition) is 1. The molecule has 0 radical (unpaired) electrons. The molecule has 0 bridgehead atoms. The second-order valence-electron chi connectivity index (χ2n) is 5.15. The molecule has 2 heterocycles. The number of ether oxygens (including phenoxy) is 1. The van der Waals surface area contributed by atoms with E-state index in [1.807, 2.05) is 6.92 Å². The number of aryl methyl sites for hydroxylation is 1. The molecule has 116 valence electrons. The summed E-state index contributed by atoms with van der Waals surface area (Å²) in [4.78, 5) is 25.6. The Hall–Kier alpha value is -1.99. The lowest BCUT2D eigenvalue weighted by molar-refractivity contribution is -0.154. The number of hydrogen-bond acceptors (Lipinski definition) is 4. The van der Waals surface area contributed by atoms with Crippen molar-refractivity contribution in [2.24, 2.45) is 0 Å². The lowest BCUT2D eigenvalue weighted by Crippen LogP contribution is -2.48. The van der Waals surface area contributed by atoms with Gasteiger partial charge in [-0.25, -0.2) is 9.18 Å². The summed E-state index contributed by atoms with van der Waals surface area (Å²) in [6.45, 7) is 2.39. The highest BCUT2D eigenvalue weighted by Crippen LogP contribution is 2.32. The van der Waals surface area contributed by atoms with E-state index in [2.05, 4.69) is 0 Å². The summed E-state index contributed by atoms with van der Waals surface area (Å²) in [5, 5.41) is 9.85. The van der Waals surface area contributed by atoms with Crippen LogP contribution in [0.25, 0.3) is 10.1 Å². The second-order valence-corrected chi connectivity index (χ2v) is 6.20. The summed E-state index contributed by atoms with van der Waals surface area (Å²) < 4.78 is 19.1. The van der Waals surface area contributed by atoms with Crippen LogP contribution < -0.4 is 0 Å². The van der Waals surface area contributed by atoms with Crippen molar-refractivity contribution in [1.29, 1.82) is 0 Å². The fourth-order valence-corrected chi connectivity index (χ4v) is 3.73. The van der Waals surface area contributed by atoms with Crippen molar-refractivity contribution in [3.05, 3.63) is 34.5 Å². The molecular weight excluding hydrogens is 309 g/mol. The van der Waals surface area contributed by atoms with Gasteiger partial charge in [-0.15, -0.1) is 11.3 Å². The molecule has 1 amide bonds. The molecule has 0 saturated carbocycles. The largest absolute Gasteiger partial charge is 0.479 e. The molecule has 0 spiro atoms. The molecule has 1 atom stereocenters. The van der Waals surface area contributed by atoms with Crippen LogP contribution in [-0.2, 0) is 9.53 Å². The van der Waals surface area contributed by atoms with Crippen molar-refractivity contribution < 1.29 is 23.8 Å². The van der Waals surface area contributed by atoms with Crippen LogP contribution in [0.15, 0.2) is 18.2 Å². The molecule has 1 N–H and O–H groups in total. The number of halogens is 1. The van der Waals surface area contributed by atoms with Crippen LogP contribution in [0.2, 0.25) is 0 Å². The van der Waals surface area contributed by atoms with Gasteiger partial charge in [0.15, 0.2) is 6.10 Å². The molecule has 5 nitrogen and oxygen atoms in total. The normalized spacial score (nSPS) is 18.6. The number of carboxylic acid groups (broad SMARTS) is 1. The van der Waals surface area contributed by atoms with Crippen LogP contribution in [0.1, 0.15) is 15.2 Å². The monoisotopic (exact) mass is 323 g/mol. The Balaban J connectivity index is 1.91. The molecule has 1 unspecified atom stereocenters. The zero-order valence-electron chi connectivity index (χ0n) is 11.8. The number of amides is 1. The predicted octanol–water partition coefficient (Wildman–Crippen LogP) is 2.27. The SMILES string of the molecule is Cc1c(C(=O)N2CCOC(C(=O)O)C2)sc2cc(F)ccc12. The first-order chi connectivity index (χ1) is 10.5. The van der Waals surface area contributed by atoms with Gasteiger partial charge in [-0.2, -0.15) is 0 Å². The molecule has 1 aliphatic heterocycles. The maximum Gasteiger partial charge on any atom is 0.334 e. The maximum atomic E-state index is 13.3. The first-order valence-corrected chi connectivity index (χ1v) is 7.61. The van der Waals surface area contributed by atoms with Crippen LogP contribution >= 0.6 is 11.3 Å². The van der Waals surface area contributed by atoms with Gasteiger partial charge < -0.3 is 14.7 Å². The highest BCUT2D eigenvalue weighted by molar-refractivity contribution is 7.21. The zero-order valence-corrected chi connectivity index (χ0v) is 12.7. The molecule has 2 aromatic rings. The zero-order chi connectivity index (χ0) is 15.9. The highest BCUT2D eigenvalue weighted by atomic mass is 32.1. The van der Waals surface area contributed by atoms with Gasteiger partial charge in [0.05, 0.1) is 18.0 Å². The lowest BCUT2D eigenvalue weighted by atomic mass is 10.1. The van der Waals surface area contributed by atoms with Crippen molar-refractivity contribution in [3.8, 4) is 0 Å². The average Bonchev–Trinajstić information content (AvgIpc) is 2.83. The Morgan fingerprint density at radius 1 is 1.45 bits per heavy atom. The number of carboxylic acids is 1. The van der Waals surface area contributed by atoms with E-state index in [1.54, 1.807) is 6.07 Å². The third-order valence-corrected chi connectivity index (χ3v) is 4.97. The summed E-state index contributed by atoms with van der Waals surface area (Å²) in [5.41, 5.74) is 0.795. The Kier molecular flexibility index (Phi) is 3.84. The molecule has 0 aliphatic carbocycles. The van der Waals surface area contributed by atoms with Gasteiger partial charge in [0.25, 0.3) is 5.91 Å². The van der Waals surface area contributed by atoms with E-state index in [-0.39, 0.29) is 24.9 Å². The van der Waals surface area contributed by atoms with E-state index in [0.29, 0.717) is 16.1 Å². The number of benzene rings is 1. The van der Waals surface area contributed by atoms with Gasteiger partial charge in [-0.05, 0) is 30.0 Å². The summed E-state index contributed by atoms with van der Waals surface area (Å²) in [6, 6.07) is 4.43. The van der Waals surface area contributed by atoms with Gasteiger partial charge in [-0.3, -0.25) is 4.79 Å². The van der Waals surface area contributed by atoms with E-state index in [4.69, 9.17) is 9.84 Å². The fourth-order valence-electron chi connectivity index (χ4n) is 2.53. The number of rotatable bonds is 2. The molecule has 3 rings (SSSR count). The predicted molar refractivity (Wildman–Crippen MR) is 79.8 cm³/mol. The number of nitrogens with zero attached hydrogens (tertiary/aromatic N) is 1.